The Kier molecular flexibility index (Phi) is 9.02. The Bertz CT molecular complexity index is 753. The number of carbonyl (C=O) groups excluding carboxylic acids is 2. The van der Waals surface area contributed by atoms with Crippen LogP contribution in [0.25, 0.3) is 0 Å². The van der Waals surface area contributed by atoms with Crippen molar-refractivity contribution in [1.29, 1.82) is 0 Å². The quantitative estimate of drug-likeness (QED) is 0.454. The number of aryl methyl sites for hydroxylation is 1. The lowest BCUT2D eigenvalue weighted by molar-refractivity contribution is 0.0955. The van der Waals surface area contributed by atoms with Gasteiger partial charge in [-0.15, -0.1) is 23.7 Å². The molecule has 0 spiro atoms. The summed E-state index contributed by atoms with van der Waals surface area (Å²) >= 11 is 1.28. The molecule has 0 aliphatic heterocycles. The second-order valence-electron chi connectivity index (χ2n) is 6.95. The maximum absolute atomic E-state index is 12.4. The number of furan rings is 1. The second kappa shape index (κ2) is 11.2. The van der Waals surface area contributed by atoms with E-state index in [2.05, 4.69) is 16.0 Å². The molecule has 0 bridgehead atoms. The van der Waals surface area contributed by atoms with Crippen molar-refractivity contribution in [2.24, 2.45) is 0 Å². The van der Waals surface area contributed by atoms with E-state index >= 15 is 0 Å². The van der Waals surface area contributed by atoms with Crippen molar-refractivity contribution in [3.8, 4) is 0 Å². The number of anilines is 1. The van der Waals surface area contributed by atoms with E-state index < -0.39 is 0 Å². The number of hydrogen-bond acceptors (Lipinski definition) is 5. The number of hydrogen-bond donors (Lipinski definition) is 3. The van der Waals surface area contributed by atoms with Crippen LogP contribution >= 0.6 is 23.7 Å². The van der Waals surface area contributed by atoms with Gasteiger partial charge in [-0.3, -0.25) is 9.59 Å². The highest BCUT2D eigenvalue weighted by molar-refractivity contribution is 7.18. The molecule has 2 heterocycles. The highest BCUT2D eigenvalue weighted by Crippen LogP contribution is 2.27. The molecule has 1 saturated carbocycles. The lowest BCUT2D eigenvalue weighted by atomic mass is 10.1. The summed E-state index contributed by atoms with van der Waals surface area (Å²) in [5, 5.41) is 9.92. The monoisotopic (exact) mass is 425 g/mol. The summed E-state index contributed by atoms with van der Waals surface area (Å²) in [7, 11) is 0. The van der Waals surface area contributed by atoms with Gasteiger partial charge in [-0.25, -0.2) is 0 Å². The molecule has 2 aromatic rings. The molecule has 0 aromatic carbocycles. The highest BCUT2D eigenvalue weighted by Gasteiger charge is 2.16. The van der Waals surface area contributed by atoms with Crippen molar-refractivity contribution < 1.29 is 14.0 Å². The molecule has 1 aliphatic rings. The van der Waals surface area contributed by atoms with Crippen LogP contribution in [0, 0.1) is 6.92 Å². The first kappa shape index (κ1) is 22.5. The van der Waals surface area contributed by atoms with Gasteiger partial charge in [0.2, 0.25) is 0 Å². The van der Waals surface area contributed by atoms with E-state index in [9.17, 15) is 9.59 Å². The molecule has 0 atom stereocenters. The number of nitrogens with one attached hydrogen (secondary N) is 3. The average molecular weight is 426 g/mol. The Morgan fingerprint density at radius 1 is 1.14 bits per heavy atom. The van der Waals surface area contributed by atoms with Crippen LogP contribution in [-0.4, -0.2) is 30.9 Å². The van der Waals surface area contributed by atoms with Crippen LogP contribution in [0.1, 0.15) is 64.3 Å². The maximum atomic E-state index is 12.4. The minimum Gasteiger partial charge on any atom is -0.459 e. The summed E-state index contributed by atoms with van der Waals surface area (Å²) in [6.07, 6.45) is 9.19. The summed E-state index contributed by atoms with van der Waals surface area (Å²) in [4.78, 5) is 25.1. The molecule has 154 valence electrons. The zero-order chi connectivity index (χ0) is 19.1. The predicted molar refractivity (Wildman–Crippen MR) is 115 cm³/mol. The zero-order valence-electron chi connectivity index (χ0n) is 16.1. The van der Waals surface area contributed by atoms with E-state index in [4.69, 9.17) is 4.42 Å². The topological polar surface area (TPSA) is 83.4 Å². The van der Waals surface area contributed by atoms with E-state index in [1.807, 2.05) is 13.0 Å². The molecular weight excluding hydrogens is 398 g/mol. The molecule has 28 heavy (non-hydrogen) atoms. The third-order valence-electron chi connectivity index (χ3n) is 4.80. The van der Waals surface area contributed by atoms with Gasteiger partial charge >= 0.3 is 0 Å². The largest absolute Gasteiger partial charge is 0.459 e. The Balaban J connectivity index is 0.00000280. The fraction of sp³-hybridized carbons (Fsp3) is 0.500. The molecule has 1 aliphatic carbocycles. The molecule has 2 amide bonds. The first-order valence-electron chi connectivity index (χ1n) is 9.60. The molecule has 3 rings (SSSR count). The molecule has 0 saturated heterocycles. The van der Waals surface area contributed by atoms with Gasteiger partial charge < -0.3 is 20.4 Å². The van der Waals surface area contributed by atoms with Crippen molar-refractivity contribution in [3.05, 3.63) is 40.7 Å². The Hall–Kier alpha value is -1.83. The average Bonchev–Trinajstić information content (AvgIpc) is 3.23. The number of thiophene rings is 1. The molecule has 0 radical (unpaired) electrons. The van der Waals surface area contributed by atoms with Crippen LogP contribution in [-0.2, 0) is 0 Å². The third-order valence-corrected chi connectivity index (χ3v) is 5.96. The molecule has 2 aromatic heterocycles. The van der Waals surface area contributed by atoms with Gasteiger partial charge in [0.25, 0.3) is 11.8 Å². The minimum absolute atomic E-state index is 0. The van der Waals surface area contributed by atoms with Gasteiger partial charge in [-0.1, -0.05) is 25.7 Å². The number of amides is 2. The summed E-state index contributed by atoms with van der Waals surface area (Å²) in [5.74, 6) is -0.170. The van der Waals surface area contributed by atoms with Gasteiger partial charge in [-0.2, -0.15) is 0 Å². The van der Waals surface area contributed by atoms with Crippen LogP contribution in [0.3, 0.4) is 0 Å². The van der Waals surface area contributed by atoms with Crippen LogP contribution in [0.2, 0.25) is 0 Å². The molecule has 1 fully saturated rings. The first-order chi connectivity index (χ1) is 13.1. The van der Waals surface area contributed by atoms with Gasteiger partial charge in [-0.05, 0) is 43.5 Å². The van der Waals surface area contributed by atoms with E-state index in [-0.39, 0.29) is 30.0 Å². The van der Waals surface area contributed by atoms with Crippen molar-refractivity contribution in [3.63, 3.8) is 0 Å². The van der Waals surface area contributed by atoms with Crippen molar-refractivity contribution >= 4 is 40.6 Å². The van der Waals surface area contributed by atoms with E-state index in [0.29, 0.717) is 22.5 Å². The lowest BCUT2D eigenvalue weighted by Crippen LogP contribution is -2.36. The summed E-state index contributed by atoms with van der Waals surface area (Å²) < 4.78 is 5.08. The fourth-order valence-electron chi connectivity index (χ4n) is 3.37. The predicted octanol–water partition coefficient (Wildman–Crippen LogP) is 4.37. The van der Waals surface area contributed by atoms with Crippen molar-refractivity contribution in [2.45, 2.75) is 51.5 Å². The van der Waals surface area contributed by atoms with Gasteiger partial charge in [0, 0.05) is 19.1 Å². The second-order valence-corrected chi connectivity index (χ2v) is 8.00. The number of halogens is 1. The lowest BCUT2D eigenvalue weighted by Gasteiger charge is -2.16. The smallest absolute Gasteiger partial charge is 0.291 e. The van der Waals surface area contributed by atoms with E-state index in [1.54, 1.807) is 12.1 Å². The van der Waals surface area contributed by atoms with Crippen LogP contribution in [0.5, 0.6) is 0 Å². The van der Waals surface area contributed by atoms with Gasteiger partial charge in [0.15, 0.2) is 5.76 Å². The summed E-state index contributed by atoms with van der Waals surface area (Å²) in [5.41, 5.74) is 0.851. The Labute approximate surface area is 175 Å². The van der Waals surface area contributed by atoms with Crippen LogP contribution < -0.4 is 16.0 Å². The SMILES string of the molecule is Cc1cc(NC(=O)c2ccco2)sc1C(=O)NCCNC1CCCCCC1.Cl. The van der Waals surface area contributed by atoms with Gasteiger partial charge in [0.05, 0.1) is 16.1 Å². The number of carbonyl (C=O) groups is 2. The van der Waals surface area contributed by atoms with Crippen LogP contribution in [0.15, 0.2) is 28.9 Å². The fourth-order valence-corrected chi connectivity index (χ4v) is 4.35. The van der Waals surface area contributed by atoms with Gasteiger partial charge in [0.1, 0.15) is 0 Å². The first-order valence-corrected chi connectivity index (χ1v) is 10.4. The molecular formula is C20H28ClN3O3S. The number of rotatable bonds is 7. The molecule has 3 N–H and O–H groups in total. The third kappa shape index (κ3) is 6.36. The van der Waals surface area contributed by atoms with Crippen LogP contribution in [0.4, 0.5) is 5.00 Å². The summed E-state index contributed by atoms with van der Waals surface area (Å²) in [6, 6.07) is 5.65. The molecule has 0 unspecified atom stereocenters. The maximum Gasteiger partial charge on any atom is 0.291 e. The Morgan fingerprint density at radius 3 is 2.57 bits per heavy atom. The Morgan fingerprint density at radius 2 is 1.89 bits per heavy atom. The minimum atomic E-state index is -0.319. The summed E-state index contributed by atoms with van der Waals surface area (Å²) in [6.45, 7) is 3.25. The van der Waals surface area contributed by atoms with Crippen molar-refractivity contribution in [2.75, 3.05) is 18.4 Å². The van der Waals surface area contributed by atoms with E-state index in [0.717, 1.165) is 12.1 Å². The standard InChI is InChI=1S/C20H27N3O3S.ClH/c1-14-13-17(23-19(24)16-9-6-12-26-16)27-18(14)20(25)22-11-10-21-15-7-4-2-3-5-8-15;/h6,9,12-13,15,21H,2-5,7-8,10-11H2,1H3,(H,22,25)(H,23,24);1H. The molecule has 8 heteroatoms. The molecule has 6 nitrogen and oxygen atoms in total. The van der Waals surface area contributed by atoms with Crippen molar-refractivity contribution in [1.82, 2.24) is 10.6 Å². The normalized spacial score (nSPS) is 14.8. The zero-order valence-corrected chi connectivity index (χ0v) is 17.7. The highest BCUT2D eigenvalue weighted by atomic mass is 35.5. The van der Waals surface area contributed by atoms with E-state index in [1.165, 1.54) is 56.1 Å².